The van der Waals surface area contributed by atoms with Crippen LogP contribution in [0.25, 0.3) is 10.6 Å². The summed E-state index contributed by atoms with van der Waals surface area (Å²) in [4.78, 5) is 18.8. The number of hydrogen-bond acceptors (Lipinski definition) is 4. The van der Waals surface area contributed by atoms with E-state index in [1.54, 1.807) is 11.1 Å². The Morgan fingerprint density at radius 3 is 2.84 bits per heavy atom. The van der Waals surface area contributed by atoms with Crippen molar-refractivity contribution in [1.82, 2.24) is 9.88 Å². The van der Waals surface area contributed by atoms with Crippen LogP contribution in [0.2, 0.25) is 0 Å². The topological polar surface area (TPSA) is 53.4 Å². The van der Waals surface area contributed by atoms with Gasteiger partial charge in [-0.15, -0.1) is 11.3 Å². The molecule has 19 heavy (non-hydrogen) atoms. The molecule has 1 aliphatic rings. The molecular formula is C14H14N2O2S. The number of thiazole rings is 1. The summed E-state index contributed by atoms with van der Waals surface area (Å²) in [5.41, 5.74) is 1.02. The zero-order chi connectivity index (χ0) is 13.2. The van der Waals surface area contributed by atoms with Crippen molar-refractivity contribution >= 4 is 17.2 Å². The van der Waals surface area contributed by atoms with Crippen molar-refractivity contribution in [2.45, 2.75) is 12.5 Å². The standard InChI is InChI=1S/C14H14N2O2S/c17-11-6-7-16(9-11)14(18)12-8-15-13(19-12)10-4-2-1-3-5-10/h1-5,8,11,17H,6-7,9H2/t11-/m1/s1. The Labute approximate surface area is 115 Å². The van der Waals surface area contributed by atoms with Gasteiger partial charge in [0.15, 0.2) is 0 Å². The van der Waals surface area contributed by atoms with Gasteiger partial charge >= 0.3 is 0 Å². The molecule has 0 bridgehead atoms. The summed E-state index contributed by atoms with van der Waals surface area (Å²) in [5, 5.41) is 10.3. The van der Waals surface area contributed by atoms with Crippen LogP contribution in [0.4, 0.5) is 0 Å². The highest BCUT2D eigenvalue weighted by Gasteiger charge is 2.26. The van der Waals surface area contributed by atoms with Gasteiger partial charge in [-0.1, -0.05) is 30.3 Å². The quantitative estimate of drug-likeness (QED) is 0.911. The molecule has 1 aromatic heterocycles. The van der Waals surface area contributed by atoms with Gasteiger partial charge in [0, 0.05) is 18.7 Å². The number of β-amino-alcohol motifs (C(OH)–C–C–N with tert-alkyl or cyclic N) is 1. The monoisotopic (exact) mass is 274 g/mol. The summed E-state index contributed by atoms with van der Waals surface area (Å²) in [5.74, 6) is -0.0313. The van der Waals surface area contributed by atoms with Crippen LogP contribution in [0, 0.1) is 0 Å². The van der Waals surface area contributed by atoms with Crippen LogP contribution >= 0.6 is 11.3 Å². The Bertz CT molecular complexity index is 582. The second-order valence-electron chi connectivity index (χ2n) is 4.59. The molecule has 1 aromatic carbocycles. The highest BCUT2D eigenvalue weighted by atomic mass is 32.1. The number of benzene rings is 1. The average molecular weight is 274 g/mol. The SMILES string of the molecule is O=C(c1cnc(-c2ccccc2)s1)N1CC[C@@H](O)C1. The molecule has 1 atom stereocenters. The average Bonchev–Trinajstić information content (AvgIpc) is 3.08. The maximum Gasteiger partial charge on any atom is 0.265 e. The van der Waals surface area contributed by atoms with Gasteiger partial charge in [0.05, 0.1) is 12.3 Å². The molecule has 5 heteroatoms. The number of aliphatic hydroxyl groups is 1. The zero-order valence-electron chi connectivity index (χ0n) is 10.3. The van der Waals surface area contributed by atoms with Gasteiger partial charge in [0.1, 0.15) is 9.88 Å². The minimum atomic E-state index is -0.384. The number of aliphatic hydroxyl groups excluding tert-OH is 1. The van der Waals surface area contributed by atoms with Crippen LogP contribution in [-0.2, 0) is 0 Å². The maximum absolute atomic E-state index is 12.2. The molecule has 1 saturated heterocycles. The van der Waals surface area contributed by atoms with Crippen LogP contribution in [0.15, 0.2) is 36.5 Å². The predicted octanol–water partition coefficient (Wildman–Crippen LogP) is 2.02. The van der Waals surface area contributed by atoms with Crippen molar-refractivity contribution in [2.24, 2.45) is 0 Å². The fourth-order valence-corrected chi connectivity index (χ4v) is 3.06. The summed E-state index contributed by atoms with van der Waals surface area (Å²) in [7, 11) is 0. The van der Waals surface area contributed by atoms with Crippen LogP contribution in [0.5, 0.6) is 0 Å². The number of amides is 1. The summed E-state index contributed by atoms with van der Waals surface area (Å²) >= 11 is 1.40. The van der Waals surface area contributed by atoms with Gasteiger partial charge in [0.25, 0.3) is 5.91 Å². The minimum absolute atomic E-state index is 0.0313. The van der Waals surface area contributed by atoms with E-state index in [2.05, 4.69) is 4.98 Å². The fraction of sp³-hybridized carbons (Fsp3) is 0.286. The Kier molecular flexibility index (Phi) is 3.31. The summed E-state index contributed by atoms with van der Waals surface area (Å²) in [6.45, 7) is 1.05. The lowest BCUT2D eigenvalue weighted by Crippen LogP contribution is -2.28. The molecular weight excluding hydrogens is 260 g/mol. The van der Waals surface area contributed by atoms with E-state index in [0.29, 0.717) is 24.4 Å². The Hall–Kier alpha value is -1.72. The first-order valence-corrected chi connectivity index (χ1v) is 7.04. The van der Waals surface area contributed by atoms with E-state index >= 15 is 0 Å². The molecule has 1 N–H and O–H groups in total. The number of rotatable bonds is 2. The lowest BCUT2D eigenvalue weighted by molar-refractivity contribution is 0.0769. The van der Waals surface area contributed by atoms with Crippen LogP contribution in [0.1, 0.15) is 16.1 Å². The van der Waals surface area contributed by atoms with E-state index in [-0.39, 0.29) is 12.0 Å². The third-order valence-electron chi connectivity index (χ3n) is 3.19. The van der Waals surface area contributed by atoms with Crippen molar-refractivity contribution in [1.29, 1.82) is 0 Å². The van der Waals surface area contributed by atoms with Crippen LogP contribution in [0.3, 0.4) is 0 Å². The molecule has 0 aliphatic carbocycles. The van der Waals surface area contributed by atoms with Crippen molar-refractivity contribution < 1.29 is 9.90 Å². The van der Waals surface area contributed by atoms with E-state index in [1.165, 1.54) is 11.3 Å². The first kappa shape index (κ1) is 12.3. The molecule has 98 valence electrons. The highest BCUT2D eigenvalue weighted by molar-refractivity contribution is 7.16. The Morgan fingerprint density at radius 2 is 2.16 bits per heavy atom. The van der Waals surface area contributed by atoms with Crippen LogP contribution < -0.4 is 0 Å². The number of likely N-dealkylation sites (tertiary alicyclic amines) is 1. The minimum Gasteiger partial charge on any atom is -0.391 e. The fourth-order valence-electron chi connectivity index (χ4n) is 2.17. The summed E-state index contributed by atoms with van der Waals surface area (Å²) < 4.78 is 0. The second-order valence-corrected chi connectivity index (χ2v) is 5.62. The Balaban J connectivity index is 1.80. The molecule has 0 unspecified atom stereocenters. The molecule has 1 aliphatic heterocycles. The number of carbonyl (C=O) groups is 1. The van der Waals surface area contributed by atoms with Gasteiger partial charge in [0.2, 0.25) is 0 Å². The van der Waals surface area contributed by atoms with Crippen LogP contribution in [-0.4, -0.2) is 40.1 Å². The maximum atomic E-state index is 12.2. The smallest absolute Gasteiger partial charge is 0.265 e. The Morgan fingerprint density at radius 1 is 1.37 bits per heavy atom. The molecule has 0 radical (unpaired) electrons. The van der Waals surface area contributed by atoms with Gasteiger partial charge < -0.3 is 10.0 Å². The largest absolute Gasteiger partial charge is 0.391 e. The molecule has 2 aromatic rings. The van der Waals surface area contributed by atoms with E-state index in [4.69, 9.17) is 0 Å². The molecule has 0 spiro atoms. The van der Waals surface area contributed by atoms with Gasteiger partial charge in [-0.3, -0.25) is 4.79 Å². The third kappa shape index (κ3) is 2.52. The van der Waals surface area contributed by atoms with E-state index in [1.807, 2.05) is 30.3 Å². The predicted molar refractivity (Wildman–Crippen MR) is 74.1 cm³/mol. The van der Waals surface area contributed by atoms with Crippen molar-refractivity contribution in [3.05, 3.63) is 41.4 Å². The highest BCUT2D eigenvalue weighted by Crippen LogP contribution is 2.26. The van der Waals surface area contributed by atoms with E-state index in [0.717, 1.165) is 10.6 Å². The van der Waals surface area contributed by atoms with Crippen molar-refractivity contribution in [2.75, 3.05) is 13.1 Å². The first-order valence-electron chi connectivity index (χ1n) is 6.22. The lowest BCUT2D eigenvalue weighted by Gasteiger charge is -2.13. The number of aromatic nitrogens is 1. The normalized spacial score (nSPS) is 18.8. The summed E-state index contributed by atoms with van der Waals surface area (Å²) in [6, 6.07) is 9.82. The molecule has 2 heterocycles. The first-order chi connectivity index (χ1) is 9.24. The lowest BCUT2D eigenvalue weighted by atomic mass is 10.2. The van der Waals surface area contributed by atoms with Gasteiger partial charge in [-0.25, -0.2) is 4.98 Å². The molecule has 1 fully saturated rings. The third-order valence-corrected chi connectivity index (χ3v) is 4.22. The molecule has 1 amide bonds. The number of carbonyl (C=O) groups excluding carboxylic acids is 1. The number of nitrogens with zero attached hydrogens (tertiary/aromatic N) is 2. The van der Waals surface area contributed by atoms with E-state index < -0.39 is 0 Å². The van der Waals surface area contributed by atoms with Crippen molar-refractivity contribution in [3.8, 4) is 10.6 Å². The van der Waals surface area contributed by atoms with Gasteiger partial charge in [-0.2, -0.15) is 0 Å². The zero-order valence-corrected chi connectivity index (χ0v) is 11.1. The molecule has 4 nitrogen and oxygen atoms in total. The van der Waals surface area contributed by atoms with Crippen molar-refractivity contribution in [3.63, 3.8) is 0 Å². The second kappa shape index (κ2) is 5.11. The van der Waals surface area contributed by atoms with E-state index in [9.17, 15) is 9.90 Å². The molecule has 0 saturated carbocycles. The molecule has 3 rings (SSSR count). The van der Waals surface area contributed by atoms with Gasteiger partial charge in [-0.05, 0) is 6.42 Å². The summed E-state index contributed by atoms with van der Waals surface area (Å²) in [6.07, 6.45) is 1.90. The number of hydrogen-bond donors (Lipinski definition) is 1.